The Kier molecular flexibility index (Phi) is 5.84. The summed E-state index contributed by atoms with van der Waals surface area (Å²) >= 11 is 0. The molecule has 1 fully saturated rings. The second-order valence-corrected chi connectivity index (χ2v) is 7.61. The van der Waals surface area contributed by atoms with Crippen molar-refractivity contribution in [2.24, 2.45) is 0 Å². The molecule has 1 aliphatic carbocycles. The van der Waals surface area contributed by atoms with E-state index in [-0.39, 0.29) is 17.7 Å². The average molecular weight is 347 g/mol. The van der Waals surface area contributed by atoms with Crippen LogP contribution in [0.3, 0.4) is 0 Å². The number of nitrogens with one attached hydrogen (secondary N) is 1. The van der Waals surface area contributed by atoms with Gasteiger partial charge in [-0.1, -0.05) is 31.0 Å². The molecule has 1 aliphatic rings. The molecular weight excluding hydrogens is 327 g/mol. The lowest BCUT2D eigenvalue weighted by atomic mass is 10.1. The molecule has 0 spiro atoms. The summed E-state index contributed by atoms with van der Waals surface area (Å²) in [5.74, 6) is -0.356. The summed E-state index contributed by atoms with van der Waals surface area (Å²) in [4.78, 5) is 12.1. The standard InChI is InChI=1S/C16H20F3NO2S/c1-11(15(21)20-14-7-2-3-8-14)23(22)10-12-5-4-6-13(9-12)16(17,18)19/h4-6,9,11,14H,2-3,7-8,10H2,1H3,(H,20,21)/t11-,23+/m1/s1. The molecule has 0 bridgehead atoms. The van der Waals surface area contributed by atoms with Crippen LogP contribution in [-0.4, -0.2) is 21.4 Å². The Morgan fingerprint density at radius 3 is 2.61 bits per heavy atom. The highest BCUT2D eigenvalue weighted by Gasteiger charge is 2.31. The molecule has 23 heavy (non-hydrogen) atoms. The molecule has 1 aromatic carbocycles. The van der Waals surface area contributed by atoms with Crippen molar-refractivity contribution in [1.29, 1.82) is 0 Å². The van der Waals surface area contributed by atoms with Crippen LogP contribution in [0.5, 0.6) is 0 Å². The molecule has 2 rings (SSSR count). The smallest absolute Gasteiger partial charge is 0.352 e. The molecule has 1 aromatic rings. The number of amides is 1. The Balaban J connectivity index is 1.96. The van der Waals surface area contributed by atoms with Crippen molar-refractivity contribution in [2.45, 2.75) is 55.8 Å². The van der Waals surface area contributed by atoms with Crippen molar-refractivity contribution >= 4 is 16.7 Å². The molecule has 0 radical (unpaired) electrons. The van der Waals surface area contributed by atoms with Gasteiger partial charge in [0, 0.05) is 22.6 Å². The van der Waals surface area contributed by atoms with Crippen LogP contribution in [0, 0.1) is 0 Å². The average Bonchev–Trinajstić information content (AvgIpc) is 2.98. The van der Waals surface area contributed by atoms with Gasteiger partial charge in [0.25, 0.3) is 0 Å². The van der Waals surface area contributed by atoms with E-state index >= 15 is 0 Å². The SMILES string of the molecule is C[C@H](C(=O)NC1CCCC1)[S@@](=O)Cc1cccc(C(F)(F)F)c1. The normalized spacial score (nSPS) is 18.6. The number of hydrogen-bond acceptors (Lipinski definition) is 2. The minimum Gasteiger partial charge on any atom is -0.352 e. The van der Waals surface area contributed by atoms with Crippen LogP contribution in [0.4, 0.5) is 13.2 Å². The Labute approximate surface area is 136 Å². The van der Waals surface area contributed by atoms with Crippen molar-refractivity contribution in [3.8, 4) is 0 Å². The third-order valence-corrected chi connectivity index (χ3v) is 5.65. The van der Waals surface area contributed by atoms with Gasteiger partial charge in [-0.2, -0.15) is 13.2 Å². The lowest BCUT2D eigenvalue weighted by Gasteiger charge is -2.16. The maximum atomic E-state index is 12.7. The molecule has 2 atom stereocenters. The van der Waals surface area contributed by atoms with Crippen LogP contribution in [0.1, 0.15) is 43.7 Å². The van der Waals surface area contributed by atoms with E-state index in [9.17, 15) is 22.2 Å². The zero-order valence-electron chi connectivity index (χ0n) is 12.9. The number of benzene rings is 1. The van der Waals surface area contributed by atoms with E-state index in [0.717, 1.165) is 37.8 Å². The molecule has 128 valence electrons. The maximum absolute atomic E-state index is 12.7. The fourth-order valence-electron chi connectivity index (χ4n) is 2.63. The number of halogens is 3. The molecular formula is C16H20F3NO2S. The highest BCUT2D eigenvalue weighted by Crippen LogP contribution is 2.29. The molecule has 0 saturated heterocycles. The van der Waals surface area contributed by atoms with Gasteiger partial charge < -0.3 is 5.32 Å². The van der Waals surface area contributed by atoms with Gasteiger partial charge in [-0.15, -0.1) is 0 Å². The number of carbonyl (C=O) groups is 1. The van der Waals surface area contributed by atoms with Crippen molar-refractivity contribution in [3.05, 3.63) is 35.4 Å². The van der Waals surface area contributed by atoms with E-state index in [2.05, 4.69) is 5.32 Å². The van der Waals surface area contributed by atoms with Gasteiger partial charge in [0.05, 0.1) is 5.56 Å². The van der Waals surface area contributed by atoms with Crippen molar-refractivity contribution in [3.63, 3.8) is 0 Å². The highest BCUT2D eigenvalue weighted by atomic mass is 32.2. The fraction of sp³-hybridized carbons (Fsp3) is 0.562. The molecule has 0 aromatic heterocycles. The van der Waals surface area contributed by atoms with Gasteiger partial charge in [-0.25, -0.2) is 0 Å². The minimum atomic E-state index is -4.43. The number of carbonyl (C=O) groups excluding carboxylic acids is 1. The van der Waals surface area contributed by atoms with Crippen molar-refractivity contribution in [2.75, 3.05) is 0 Å². The molecule has 7 heteroatoms. The van der Waals surface area contributed by atoms with Crippen LogP contribution >= 0.6 is 0 Å². The summed E-state index contributed by atoms with van der Waals surface area (Å²) in [5.41, 5.74) is -0.450. The van der Waals surface area contributed by atoms with Gasteiger partial charge in [-0.3, -0.25) is 9.00 Å². The van der Waals surface area contributed by atoms with E-state index in [4.69, 9.17) is 0 Å². The third-order valence-electron chi connectivity index (χ3n) is 4.03. The Hall–Kier alpha value is -1.37. The molecule has 1 amide bonds. The molecule has 0 aliphatic heterocycles. The number of alkyl halides is 3. The minimum absolute atomic E-state index is 0.0663. The van der Waals surface area contributed by atoms with Gasteiger partial charge in [0.2, 0.25) is 5.91 Å². The van der Waals surface area contributed by atoms with Gasteiger partial charge in [0.15, 0.2) is 0 Å². The van der Waals surface area contributed by atoms with Gasteiger partial charge >= 0.3 is 6.18 Å². The predicted octanol–water partition coefficient (Wildman–Crippen LogP) is 3.40. The van der Waals surface area contributed by atoms with Crippen LogP contribution in [-0.2, 0) is 27.5 Å². The predicted molar refractivity (Wildman–Crippen MR) is 83.2 cm³/mol. The lowest BCUT2D eigenvalue weighted by Crippen LogP contribution is -2.40. The lowest BCUT2D eigenvalue weighted by molar-refractivity contribution is -0.137. The first-order valence-electron chi connectivity index (χ1n) is 7.61. The van der Waals surface area contributed by atoms with Crippen LogP contribution in [0.25, 0.3) is 0 Å². The second kappa shape index (κ2) is 7.47. The maximum Gasteiger partial charge on any atom is 0.416 e. The molecule has 0 unspecified atom stereocenters. The van der Waals surface area contributed by atoms with E-state index in [1.54, 1.807) is 6.92 Å². The van der Waals surface area contributed by atoms with Crippen molar-refractivity contribution < 1.29 is 22.2 Å². The first-order chi connectivity index (χ1) is 10.8. The number of hydrogen-bond donors (Lipinski definition) is 1. The van der Waals surface area contributed by atoms with E-state index in [0.29, 0.717) is 5.56 Å². The summed E-state index contributed by atoms with van der Waals surface area (Å²) in [6, 6.07) is 4.88. The first kappa shape index (κ1) is 18.0. The summed E-state index contributed by atoms with van der Waals surface area (Å²) in [6.07, 6.45) is -0.417. The van der Waals surface area contributed by atoms with Gasteiger partial charge in [-0.05, 0) is 31.4 Å². The largest absolute Gasteiger partial charge is 0.416 e. The van der Waals surface area contributed by atoms with E-state index in [1.165, 1.54) is 12.1 Å². The van der Waals surface area contributed by atoms with Crippen LogP contribution in [0.2, 0.25) is 0 Å². The zero-order chi connectivity index (χ0) is 17.0. The van der Waals surface area contributed by atoms with Gasteiger partial charge in [0.1, 0.15) is 5.25 Å². The second-order valence-electron chi connectivity index (χ2n) is 5.86. The van der Waals surface area contributed by atoms with Crippen LogP contribution in [0.15, 0.2) is 24.3 Å². The first-order valence-corrected chi connectivity index (χ1v) is 8.99. The van der Waals surface area contributed by atoms with Crippen LogP contribution < -0.4 is 5.32 Å². The quantitative estimate of drug-likeness (QED) is 0.887. The monoisotopic (exact) mass is 347 g/mol. The molecule has 0 heterocycles. The Morgan fingerprint density at radius 1 is 1.35 bits per heavy atom. The fourth-order valence-corrected chi connectivity index (χ4v) is 3.70. The Morgan fingerprint density at radius 2 is 2.00 bits per heavy atom. The Bertz CT molecular complexity index is 583. The highest BCUT2D eigenvalue weighted by molar-refractivity contribution is 7.85. The van der Waals surface area contributed by atoms with E-state index < -0.39 is 27.8 Å². The third kappa shape index (κ3) is 5.06. The summed E-state index contributed by atoms with van der Waals surface area (Å²) in [7, 11) is -1.56. The molecule has 1 N–H and O–H groups in total. The molecule has 3 nitrogen and oxygen atoms in total. The number of rotatable bonds is 5. The topological polar surface area (TPSA) is 46.2 Å². The summed E-state index contributed by atoms with van der Waals surface area (Å²) < 4.78 is 50.3. The van der Waals surface area contributed by atoms with Crippen molar-refractivity contribution in [1.82, 2.24) is 5.32 Å². The zero-order valence-corrected chi connectivity index (χ0v) is 13.7. The van der Waals surface area contributed by atoms with E-state index in [1.807, 2.05) is 0 Å². The summed E-state index contributed by atoms with van der Waals surface area (Å²) in [6.45, 7) is 1.55. The summed E-state index contributed by atoms with van der Waals surface area (Å²) in [5, 5.41) is 2.12. The molecule has 1 saturated carbocycles.